The summed E-state index contributed by atoms with van der Waals surface area (Å²) in [5, 5.41) is 0.969. The van der Waals surface area contributed by atoms with Crippen molar-refractivity contribution in [3.8, 4) is 11.5 Å². The maximum Gasteiger partial charge on any atom is 0.231 e. The third kappa shape index (κ3) is 1.55. The maximum absolute atomic E-state index is 9.86. The van der Waals surface area contributed by atoms with Gasteiger partial charge in [0.1, 0.15) is 0 Å². The fourth-order valence-corrected chi connectivity index (χ4v) is 2.25. The Morgan fingerprint density at radius 1 is 1.23 bits per heavy atom. The van der Waals surface area contributed by atoms with E-state index in [1.807, 2.05) is 31.3 Å². The van der Waals surface area contributed by atoms with Crippen LogP contribution in [0.2, 0.25) is 13.1 Å². The highest BCUT2D eigenvalue weighted by molar-refractivity contribution is 6.83. The minimum atomic E-state index is -2.21. The molecule has 1 aromatic carbocycles. The highest BCUT2D eigenvalue weighted by atomic mass is 28.4. The number of benzene rings is 1. The molecule has 0 radical (unpaired) electrons. The van der Waals surface area contributed by atoms with Gasteiger partial charge in [-0.25, -0.2) is 0 Å². The molecule has 0 aromatic heterocycles. The van der Waals surface area contributed by atoms with Crippen molar-refractivity contribution in [2.75, 3.05) is 6.79 Å². The summed E-state index contributed by atoms with van der Waals surface area (Å²) in [5.74, 6) is 1.51. The highest BCUT2D eigenvalue weighted by Gasteiger charge is 2.23. The predicted molar refractivity (Wildman–Crippen MR) is 51.9 cm³/mol. The molecule has 70 valence electrons. The molecular formula is C9H12O3Si. The molecule has 0 aliphatic carbocycles. The minimum Gasteiger partial charge on any atom is -0.454 e. The van der Waals surface area contributed by atoms with Gasteiger partial charge in [0.25, 0.3) is 0 Å². The lowest BCUT2D eigenvalue weighted by atomic mass is 10.3. The normalized spacial score (nSPS) is 14.7. The number of rotatable bonds is 1. The second kappa shape index (κ2) is 2.75. The molecule has 2 rings (SSSR count). The monoisotopic (exact) mass is 196 g/mol. The first-order valence-electron chi connectivity index (χ1n) is 4.20. The van der Waals surface area contributed by atoms with E-state index in [1.165, 1.54) is 0 Å². The molecule has 0 fully saturated rings. The lowest BCUT2D eigenvalue weighted by Gasteiger charge is -2.14. The second-order valence-electron chi connectivity index (χ2n) is 3.63. The molecule has 0 amide bonds. The molecule has 3 nitrogen and oxygen atoms in total. The van der Waals surface area contributed by atoms with E-state index in [4.69, 9.17) is 9.47 Å². The Morgan fingerprint density at radius 3 is 2.62 bits per heavy atom. The summed E-state index contributed by atoms with van der Waals surface area (Å²) in [5.41, 5.74) is 0. The van der Waals surface area contributed by atoms with Crippen LogP contribution in [-0.4, -0.2) is 19.9 Å². The van der Waals surface area contributed by atoms with Crippen molar-refractivity contribution in [3.63, 3.8) is 0 Å². The van der Waals surface area contributed by atoms with Crippen LogP contribution in [0.15, 0.2) is 18.2 Å². The standard InChI is InChI=1S/C9H12O3Si/c1-13(2,10)7-3-4-8-9(5-7)12-6-11-8/h3-5,10H,6H2,1-2H3. The second-order valence-corrected chi connectivity index (χ2v) is 7.32. The van der Waals surface area contributed by atoms with Gasteiger partial charge >= 0.3 is 0 Å². The van der Waals surface area contributed by atoms with Crippen molar-refractivity contribution < 1.29 is 14.3 Å². The van der Waals surface area contributed by atoms with E-state index in [9.17, 15) is 4.80 Å². The number of hydrogen-bond acceptors (Lipinski definition) is 3. The van der Waals surface area contributed by atoms with Crippen LogP contribution in [0, 0.1) is 0 Å². The lowest BCUT2D eigenvalue weighted by molar-refractivity contribution is 0.174. The molecular weight excluding hydrogens is 184 g/mol. The molecule has 0 saturated carbocycles. The molecule has 1 heterocycles. The molecule has 0 atom stereocenters. The van der Waals surface area contributed by atoms with Crippen LogP contribution < -0.4 is 14.7 Å². The van der Waals surface area contributed by atoms with Gasteiger partial charge < -0.3 is 14.3 Å². The van der Waals surface area contributed by atoms with Gasteiger partial charge in [0.05, 0.1) is 0 Å². The van der Waals surface area contributed by atoms with Crippen LogP contribution in [0.4, 0.5) is 0 Å². The van der Waals surface area contributed by atoms with E-state index in [-0.39, 0.29) is 6.79 Å². The molecule has 1 aliphatic rings. The Labute approximate surface area is 78.0 Å². The van der Waals surface area contributed by atoms with Crippen molar-refractivity contribution >= 4 is 13.5 Å². The third-order valence-electron chi connectivity index (χ3n) is 2.08. The molecule has 4 heteroatoms. The zero-order valence-corrected chi connectivity index (χ0v) is 8.70. The number of ether oxygens (including phenoxy) is 2. The Bertz CT molecular complexity index is 330. The van der Waals surface area contributed by atoms with Crippen molar-refractivity contribution in [1.29, 1.82) is 0 Å². The fraction of sp³-hybridized carbons (Fsp3) is 0.333. The van der Waals surface area contributed by atoms with Gasteiger partial charge in [-0.3, -0.25) is 0 Å². The summed E-state index contributed by atoms with van der Waals surface area (Å²) in [6.45, 7) is 4.04. The smallest absolute Gasteiger partial charge is 0.231 e. The summed E-state index contributed by atoms with van der Waals surface area (Å²) in [6.07, 6.45) is 0. The summed E-state index contributed by atoms with van der Waals surface area (Å²) in [7, 11) is -2.21. The number of hydrogen-bond donors (Lipinski definition) is 1. The maximum atomic E-state index is 9.86. The highest BCUT2D eigenvalue weighted by Crippen LogP contribution is 2.30. The first-order valence-corrected chi connectivity index (χ1v) is 7.14. The van der Waals surface area contributed by atoms with Crippen LogP contribution in [-0.2, 0) is 0 Å². The molecule has 0 saturated heterocycles. The largest absolute Gasteiger partial charge is 0.454 e. The van der Waals surface area contributed by atoms with Crippen LogP contribution in [0.5, 0.6) is 11.5 Å². The van der Waals surface area contributed by atoms with Gasteiger partial charge in [-0.1, -0.05) is 6.07 Å². The predicted octanol–water partition coefficient (Wildman–Crippen LogP) is 0.820. The summed E-state index contributed by atoms with van der Waals surface area (Å²) < 4.78 is 10.4. The van der Waals surface area contributed by atoms with E-state index >= 15 is 0 Å². The SMILES string of the molecule is C[Si](C)(O)c1ccc2c(c1)OCO2. The zero-order chi connectivity index (χ0) is 9.47. The zero-order valence-electron chi connectivity index (χ0n) is 7.70. The molecule has 1 aliphatic heterocycles. The molecule has 0 bridgehead atoms. The number of fused-ring (bicyclic) bond motifs is 1. The summed E-state index contributed by atoms with van der Waals surface area (Å²) in [6, 6.07) is 5.62. The summed E-state index contributed by atoms with van der Waals surface area (Å²) in [4.78, 5) is 9.86. The van der Waals surface area contributed by atoms with Crippen LogP contribution >= 0.6 is 0 Å². The van der Waals surface area contributed by atoms with Crippen LogP contribution in [0.3, 0.4) is 0 Å². The topological polar surface area (TPSA) is 38.7 Å². The quantitative estimate of drug-likeness (QED) is 0.676. The Balaban J connectivity index is 2.42. The van der Waals surface area contributed by atoms with Gasteiger partial charge in [0, 0.05) is 0 Å². The Morgan fingerprint density at radius 2 is 1.92 bits per heavy atom. The molecule has 0 unspecified atom stereocenters. The van der Waals surface area contributed by atoms with Crippen molar-refractivity contribution in [2.24, 2.45) is 0 Å². The van der Waals surface area contributed by atoms with Crippen molar-refractivity contribution in [1.82, 2.24) is 0 Å². The Hall–Kier alpha value is -1.00. The molecule has 1 aromatic rings. The minimum absolute atomic E-state index is 0.284. The average molecular weight is 196 g/mol. The van der Waals surface area contributed by atoms with Gasteiger partial charge in [-0.2, -0.15) is 0 Å². The van der Waals surface area contributed by atoms with Gasteiger partial charge in [-0.05, 0) is 30.4 Å². The summed E-state index contributed by atoms with van der Waals surface area (Å²) >= 11 is 0. The first-order chi connectivity index (χ1) is 6.07. The first kappa shape index (κ1) is 8.59. The Kier molecular flexibility index (Phi) is 1.82. The van der Waals surface area contributed by atoms with E-state index < -0.39 is 8.32 Å². The third-order valence-corrected chi connectivity index (χ3v) is 3.80. The van der Waals surface area contributed by atoms with E-state index in [2.05, 4.69) is 0 Å². The van der Waals surface area contributed by atoms with Gasteiger partial charge in [0.15, 0.2) is 11.5 Å². The molecule has 0 spiro atoms. The molecule has 1 N–H and O–H groups in total. The van der Waals surface area contributed by atoms with Gasteiger partial charge in [-0.15, -0.1) is 0 Å². The molecule has 13 heavy (non-hydrogen) atoms. The van der Waals surface area contributed by atoms with E-state index in [1.54, 1.807) is 0 Å². The van der Waals surface area contributed by atoms with Crippen molar-refractivity contribution in [3.05, 3.63) is 18.2 Å². The van der Waals surface area contributed by atoms with Crippen LogP contribution in [0.1, 0.15) is 0 Å². The lowest BCUT2D eigenvalue weighted by Crippen LogP contribution is -2.41. The van der Waals surface area contributed by atoms with Gasteiger partial charge in [0.2, 0.25) is 15.1 Å². The average Bonchev–Trinajstić information content (AvgIpc) is 2.47. The van der Waals surface area contributed by atoms with E-state index in [0.717, 1.165) is 16.7 Å². The van der Waals surface area contributed by atoms with Crippen LogP contribution in [0.25, 0.3) is 0 Å². The van der Waals surface area contributed by atoms with Crippen molar-refractivity contribution in [2.45, 2.75) is 13.1 Å². The van der Waals surface area contributed by atoms with E-state index in [0.29, 0.717) is 0 Å². The fourth-order valence-electron chi connectivity index (χ4n) is 1.28.